The first kappa shape index (κ1) is 15.1. The first-order chi connectivity index (χ1) is 9.20. The Balaban J connectivity index is 2.02. The van der Waals surface area contributed by atoms with Crippen molar-refractivity contribution >= 4 is 23.2 Å². The highest BCUT2D eigenvalue weighted by molar-refractivity contribution is 6.42. The van der Waals surface area contributed by atoms with Crippen LogP contribution in [-0.2, 0) is 6.54 Å². The van der Waals surface area contributed by atoms with Gasteiger partial charge in [0.05, 0.1) is 10.0 Å². The second-order valence-electron chi connectivity index (χ2n) is 5.24. The number of nitrogens with one attached hydrogen (secondary N) is 1. The van der Waals surface area contributed by atoms with Crippen molar-refractivity contribution in [1.29, 1.82) is 0 Å². The van der Waals surface area contributed by atoms with Crippen molar-refractivity contribution in [1.82, 2.24) is 10.2 Å². The van der Waals surface area contributed by atoms with Crippen LogP contribution in [0.3, 0.4) is 0 Å². The number of rotatable bonds is 4. The van der Waals surface area contributed by atoms with Crippen molar-refractivity contribution in [2.45, 2.75) is 38.8 Å². The van der Waals surface area contributed by atoms with Gasteiger partial charge >= 0.3 is 0 Å². The van der Waals surface area contributed by atoms with Crippen molar-refractivity contribution in [3.63, 3.8) is 0 Å². The summed E-state index contributed by atoms with van der Waals surface area (Å²) in [6.45, 7) is 6.46. The van der Waals surface area contributed by atoms with Gasteiger partial charge in [0, 0.05) is 19.1 Å². The smallest absolute Gasteiger partial charge is 0.0637 e. The maximum absolute atomic E-state index is 6.28. The number of nitrogens with zero attached hydrogens (tertiary/aromatic N) is 1. The van der Waals surface area contributed by atoms with E-state index < -0.39 is 0 Å². The quantitative estimate of drug-likeness (QED) is 0.905. The Morgan fingerprint density at radius 2 is 2.21 bits per heavy atom. The standard InChI is InChI=1S/C15H22Cl2N2/c1-2-5-13-11-19(9-4-8-18-13)10-12-6-3-7-14(16)15(12)17/h3,6-7,13,18H,2,4-5,8-11H2,1H3. The van der Waals surface area contributed by atoms with Gasteiger partial charge in [-0.15, -0.1) is 0 Å². The highest BCUT2D eigenvalue weighted by Crippen LogP contribution is 2.26. The van der Waals surface area contributed by atoms with Gasteiger partial charge in [-0.1, -0.05) is 48.7 Å². The molecule has 19 heavy (non-hydrogen) atoms. The van der Waals surface area contributed by atoms with E-state index in [4.69, 9.17) is 23.2 Å². The molecule has 1 N–H and O–H groups in total. The highest BCUT2D eigenvalue weighted by atomic mass is 35.5. The molecule has 2 rings (SSSR count). The van der Waals surface area contributed by atoms with E-state index in [1.807, 2.05) is 12.1 Å². The Morgan fingerprint density at radius 3 is 3.00 bits per heavy atom. The fraction of sp³-hybridized carbons (Fsp3) is 0.600. The first-order valence-electron chi connectivity index (χ1n) is 7.09. The van der Waals surface area contributed by atoms with E-state index in [-0.39, 0.29) is 0 Å². The van der Waals surface area contributed by atoms with Gasteiger partial charge in [0.25, 0.3) is 0 Å². The average molecular weight is 301 g/mol. The lowest BCUT2D eigenvalue weighted by Crippen LogP contribution is -2.37. The number of hydrogen-bond donors (Lipinski definition) is 1. The predicted octanol–water partition coefficient (Wildman–Crippen LogP) is 3.96. The van der Waals surface area contributed by atoms with E-state index in [0.717, 1.165) is 31.7 Å². The van der Waals surface area contributed by atoms with E-state index in [1.54, 1.807) is 0 Å². The van der Waals surface area contributed by atoms with Crippen LogP contribution >= 0.6 is 23.2 Å². The third kappa shape index (κ3) is 4.35. The van der Waals surface area contributed by atoms with Crippen LogP contribution in [-0.4, -0.2) is 30.6 Å². The lowest BCUT2D eigenvalue weighted by molar-refractivity contribution is 0.255. The molecule has 0 saturated carbocycles. The molecule has 0 aliphatic carbocycles. The second kappa shape index (κ2) is 7.49. The minimum Gasteiger partial charge on any atom is -0.313 e. The van der Waals surface area contributed by atoms with E-state index in [0.29, 0.717) is 16.1 Å². The topological polar surface area (TPSA) is 15.3 Å². The molecule has 1 heterocycles. The molecule has 4 heteroatoms. The maximum Gasteiger partial charge on any atom is 0.0637 e. The third-order valence-corrected chi connectivity index (χ3v) is 4.48. The summed E-state index contributed by atoms with van der Waals surface area (Å²) in [5, 5.41) is 4.98. The molecular weight excluding hydrogens is 279 g/mol. The van der Waals surface area contributed by atoms with Gasteiger partial charge in [0.15, 0.2) is 0 Å². The number of benzene rings is 1. The third-order valence-electron chi connectivity index (χ3n) is 3.63. The van der Waals surface area contributed by atoms with Crippen LogP contribution in [0, 0.1) is 0 Å². The Hall–Kier alpha value is -0.280. The lowest BCUT2D eigenvalue weighted by Gasteiger charge is -2.24. The molecule has 1 aromatic carbocycles. The van der Waals surface area contributed by atoms with Crippen LogP contribution in [0.25, 0.3) is 0 Å². The summed E-state index contributed by atoms with van der Waals surface area (Å²) in [6, 6.07) is 6.49. The van der Waals surface area contributed by atoms with Crippen LogP contribution < -0.4 is 5.32 Å². The normalized spacial score (nSPS) is 21.3. The molecule has 1 fully saturated rings. The summed E-state index contributed by atoms with van der Waals surface area (Å²) < 4.78 is 0. The molecule has 106 valence electrons. The molecule has 1 aromatic rings. The van der Waals surface area contributed by atoms with Crippen molar-refractivity contribution in [3.8, 4) is 0 Å². The molecule has 0 aromatic heterocycles. The SMILES string of the molecule is CCCC1CN(Cc2cccc(Cl)c2Cl)CCCN1. The number of hydrogen-bond acceptors (Lipinski definition) is 2. The van der Waals surface area contributed by atoms with E-state index >= 15 is 0 Å². The maximum atomic E-state index is 6.28. The Morgan fingerprint density at radius 1 is 1.37 bits per heavy atom. The van der Waals surface area contributed by atoms with Gasteiger partial charge in [-0.3, -0.25) is 4.90 Å². The predicted molar refractivity (Wildman–Crippen MR) is 83.1 cm³/mol. The molecule has 0 radical (unpaired) electrons. The van der Waals surface area contributed by atoms with E-state index in [1.165, 1.54) is 19.3 Å². The molecule has 0 amide bonds. The second-order valence-corrected chi connectivity index (χ2v) is 6.03. The monoisotopic (exact) mass is 300 g/mol. The molecule has 1 aliphatic heterocycles. The van der Waals surface area contributed by atoms with Gasteiger partial charge < -0.3 is 5.32 Å². The fourth-order valence-electron chi connectivity index (χ4n) is 2.67. The Bertz CT molecular complexity index is 409. The van der Waals surface area contributed by atoms with Crippen molar-refractivity contribution < 1.29 is 0 Å². The van der Waals surface area contributed by atoms with Gasteiger partial charge in [-0.25, -0.2) is 0 Å². The average Bonchev–Trinajstić information content (AvgIpc) is 2.61. The zero-order valence-corrected chi connectivity index (χ0v) is 13.0. The van der Waals surface area contributed by atoms with E-state index in [2.05, 4.69) is 23.2 Å². The van der Waals surface area contributed by atoms with Crippen LogP contribution in [0.5, 0.6) is 0 Å². The summed E-state index contributed by atoms with van der Waals surface area (Å²) in [5.41, 5.74) is 1.13. The zero-order valence-electron chi connectivity index (χ0n) is 11.5. The van der Waals surface area contributed by atoms with Crippen molar-refractivity contribution in [3.05, 3.63) is 33.8 Å². The van der Waals surface area contributed by atoms with Gasteiger partial charge in [0.2, 0.25) is 0 Å². The minimum absolute atomic E-state index is 0.602. The molecule has 2 nitrogen and oxygen atoms in total. The minimum atomic E-state index is 0.602. The fourth-order valence-corrected chi connectivity index (χ4v) is 3.05. The molecule has 1 atom stereocenters. The molecule has 0 spiro atoms. The summed E-state index contributed by atoms with van der Waals surface area (Å²) in [4.78, 5) is 2.48. The molecule has 1 unspecified atom stereocenters. The molecule has 1 saturated heterocycles. The summed E-state index contributed by atoms with van der Waals surface area (Å²) in [5.74, 6) is 0. The Labute approximate surface area is 126 Å². The van der Waals surface area contributed by atoms with Gasteiger partial charge in [-0.2, -0.15) is 0 Å². The van der Waals surface area contributed by atoms with Crippen LogP contribution in [0.4, 0.5) is 0 Å². The van der Waals surface area contributed by atoms with Gasteiger partial charge in [0.1, 0.15) is 0 Å². The number of halogens is 2. The Kier molecular flexibility index (Phi) is 5.96. The summed E-state index contributed by atoms with van der Waals surface area (Å²) >= 11 is 12.4. The first-order valence-corrected chi connectivity index (χ1v) is 7.85. The van der Waals surface area contributed by atoms with Crippen LogP contribution in [0.2, 0.25) is 10.0 Å². The van der Waals surface area contributed by atoms with Crippen LogP contribution in [0.15, 0.2) is 18.2 Å². The van der Waals surface area contributed by atoms with Crippen LogP contribution in [0.1, 0.15) is 31.7 Å². The summed E-state index contributed by atoms with van der Waals surface area (Å²) in [7, 11) is 0. The van der Waals surface area contributed by atoms with E-state index in [9.17, 15) is 0 Å². The van der Waals surface area contributed by atoms with Crippen molar-refractivity contribution in [2.75, 3.05) is 19.6 Å². The molecule has 0 bridgehead atoms. The largest absolute Gasteiger partial charge is 0.313 e. The van der Waals surface area contributed by atoms with Gasteiger partial charge in [-0.05, 0) is 37.6 Å². The molecule has 1 aliphatic rings. The molecular formula is C15H22Cl2N2. The summed E-state index contributed by atoms with van der Waals surface area (Å²) in [6.07, 6.45) is 3.65. The van der Waals surface area contributed by atoms with Crippen molar-refractivity contribution in [2.24, 2.45) is 0 Å². The zero-order chi connectivity index (χ0) is 13.7. The highest BCUT2D eigenvalue weighted by Gasteiger charge is 2.18. The lowest BCUT2D eigenvalue weighted by atomic mass is 10.1.